The van der Waals surface area contributed by atoms with E-state index in [2.05, 4.69) is 49.4 Å². The Hall–Kier alpha value is 0.140. The molecular weight excluding hydrogens is 383 g/mol. The molecule has 0 aliphatic heterocycles. The van der Waals surface area contributed by atoms with E-state index >= 15 is 0 Å². The average Bonchev–Trinajstić information content (AvgIpc) is 2.76. The van der Waals surface area contributed by atoms with Crippen LogP contribution in [0.15, 0.2) is 11.6 Å². The fourth-order valence-corrected chi connectivity index (χ4v) is 7.23. The van der Waals surface area contributed by atoms with Gasteiger partial charge in [-0.3, -0.25) is 4.79 Å². The van der Waals surface area contributed by atoms with Gasteiger partial charge in [-0.15, -0.1) is 0 Å². The van der Waals surface area contributed by atoms with Gasteiger partial charge in [-0.1, -0.05) is 55.0 Å². The summed E-state index contributed by atoms with van der Waals surface area (Å²) in [6.07, 6.45) is 12.3. The molecule has 0 bridgehead atoms. The van der Waals surface area contributed by atoms with Gasteiger partial charge >= 0.3 is 0 Å². The summed E-state index contributed by atoms with van der Waals surface area (Å²) >= 11 is 2.68. The Bertz CT molecular complexity index is 548. The molecule has 4 aliphatic carbocycles. The molecule has 122 valence electrons. The average molecular weight is 412 g/mol. The first kappa shape index (κ1) is 15.7. The zero-order valence-corrected chi connectivity index (χ0v) is 16.4. The van der Waals surface area contributed by atoms with Crippen molar-refractivity contribution in [3.63, 3.8) is 0 Å². The standard InChI is InChI=1S/C20H29IO/c1-18(21)10-11-19(2)13(12-18)4-5-14-15-6-7-17(22)20(15,3)9-8-16(14)19/h4,14-16H,5-12H2,1-3H3/t14-,15-,16-,18+,19-,20-/m0/s1. The Labute approximate surface area is 148 Å². The van der Waals surface area contributed by atoms with Crippen LogP contribution in [0, 0.1) is 28.6 Å². The molecule has 0 unspecified atom stereocenters. The summed E-state index contributed by atoms with van der Waals surface area (Å²) in [4.78, 5) is 12.4. The van der Waals surface area contributed by atoms with Gasteiger partial charge in [0, 0.05) is 15.3 Å². The second-order valence-electron chi connectivity index (χ2n) is 9.27. The van der Waals surface area contributed by atoms with E-state index in [0.29, 0.717) is 20.5 Å². The van der Waals surface area contributed by atoms with E-state index in [1.807, 2.05) is 0 Å². The number of alkyl halides is 1. The molecule has 3 fully saturated rings. The minimum Gasteiger partial charge on any atom is -0.299 e. The second kappa shape index (κ2) is 4.83. The molecule has 6 atom stereocenters. The molecule has 1 nitrogen and oxygen atoms in total. The van der Waals surface area contributed by atoms with Crippen LogP contribution in [-0.2, 0) is 4.79 Å². The molecule has 0 aromatic carbocycles. The molecule has 0 radical (unpaired) electrons. The van der Waals surface area contributed by atoms with Crippen LogP contribution in [-0.4, -0.2) is 9.20 Å². The van der Waals surface area contributed by atoms with Gasteiger partial charge in [0.25, 0.3) is 0 Å². The monoisotopic (exact) mass is 412 g/mol. The van der Waals surface area contributed by atoms with Crippen molar-refractivity contribution in [1.82, 2.24) is 0 Å². The first-order valence-corrected chi connectivity index (χ1v) is 10.3. The number of rotatable bonds is 0. The first-order chi connectivity index (χ1) is 10.3. The molecule has 0 spiro atoms. The fourth-order valence-electron chi connectivity index (χ4n) is 6.55. The molecule has 0 heterocycles. The van der Waals surface area contributed by atoms with E-state index in [9.17, 15) is 4.79 Å². The largest absolute Gasteiger partial charge is 0.299 e. The van der Waals surface area contributed by atoms with E-state index in [-0.39, 0.29) is 5.41 Å². The summed E-state index contributed by atoms with van der Waals surface area (Å²) in [5.74, 6) is 2.85. The Kier molecular flexibility index (Phi) is 3.44. The number of carbonyl (C=O) groups excluding carboxylic acids is 1. The van der Waals surface area contributed by atoms with Crippen LogP contribution in [0.2, 0.25) is 0 Å². The lowest BCUT2D eigenvalue weighted by atomic mass is 9.47. The number of hydrogen-bond acceptors (Lipinski definition) is 1. The third-order valence-electron chi connectivity index (χ3n) is 8.06. The van der Waals surface area contributed by atoms with Gasteiger partial charge in [-0.05, 0) is 68.1 Å². The molecule has 3 saturated carbocycles. The number of hydrogen-bond donors (Lipinski definition) is 0. The highest BCUT2D eigenvalue weighted by molar-refractivity contribution is 14.1. The molecule has 0 amide bonds. The predicted molar refractivity (Wildman–Crippen MR) is 99.1 cm³/mol. The molecule has 4 aliphatic rings. The second-order valence-corrected chi connectivity index (χ2v) is 11.9. The molecule has 0 N–H and O–H groups in total. The zero-order valence-electron chi connectivity index (χ0n) is 14.3. The van der Waals surface area contributed by atoms with Crippen LogP contribution in [0.3, 0.4) is 0 Å². The van der Waals surface area contributed by atoms with Crippen molar-refractivity contribution < 1.29 is 4.79 Å². The normalized spacial score (nSPS) is 54.3. The molecule has 0 saturated heterocycles. The topological polar surface area (TPSA) is 17.1 Å². The Morgan fingerprint density at radius 2 is 1.77 bits per heavy atom. The maximum Gasteiger partial charge on any atom is 0.139 e. The summed E-state index contributed by atoms with van der Waals surface area (Å²) in [6, 6.07) is 0. The van der Waals surface area contributed by atoms with Crippen molar-refractivity contribution in [2.24, 2.45) is 28.6 Å². The van der Waals surface area contributed by atoms with E-state index in [0.717, 1.165) is 24.7 Å². The van der Waals surface area contributed by atoms with Crippen molar-refractivity contribution in [2.75, 3.05) is 0 Å². The summed E-state index contributed by atoms with van der Waals surface area (Å²) in [5, 5.41) is 0. The third-order valence-corrected chi connectivity index (χ3v) is 8.98. The minimum absolute atomic E-state index is 0.0231. The lowest BCUT2D eigenvalue weighted by Crippen LogP contribution is -2.51. The van der Waals surface area contributed by atoms with Gasteiger partial charge in [0.2, 0.25) is 0 Å². The Morgan fingerprint density at radius 3 is 2.55 bits per heavy atom. The van der Waals surface area contributed by atoms with Crippen LogP contribution in [0.1, 0.15) is 72.1 Å². The van der Waals surface area contributed by atoms with E-state index < -0.39 is 0 Å². The minimum atomic E-state index is 0.0231. The van der Waals surface area contributed by atoms with Gasteiger partial charge in [0.05, 0.1) is 0 Å². The zero-order chi connectivity index (χ0) is 15.8. The van der Waals surface area contributed by atoms with Gasteiger partial charge in [0.1, 0.15) is 5.78 Å². The van der Waals surface area contributed by atoms with Crippen LogP contribution >= 0.6 is 22.6 Å². The first-order valence-electron chi connectivity index (χ1n) is 9.18. The van der Waals surface area contributed by atoms with Crippen LogP contribution in [0.5, 0.6) is 0 Å². The van der Waals surface area contributed by atoms with E-state index in [1.54, 1.807) is 5.57 Å². The molecule has 0 aromatic rings. The maximum atomic E-state index is 12.4. The summed E-state index contributed by atoms with van der Waals surface area (Å²) in [6.45, 7) is 7.27. The summed E-state index contributed by atoms with van der Waals surface area (Å²) in [5.41, 5.74) is 2.21. The van der Waals surface area contributed by atoms with Gasteiger partial charge in [-0.25, -0.2) is 0 Å². The number of Topliss-reactive ketones (excluding diaryl/α,β-unsaturated/α-hetero) is 1. The molecule has 2 heteroatoms. The fraction of sp³-hybridized carbons (Fsp3) is 0.850. The van der Waals surface area contributed by atoms with Crippen LogP contribution in [0.25, 0.3) is 0 Å². The van der Waals surface area contributed by atoms with Crippen LogP contribution < -0.4 is 0 Å². The summed E-state index contributed by atoms with van der Waals surface area (Å²) < 4.78 is 0.461. The van der Waals surface area contributed by atoms with Gasteiger partial charge < -0.3 is 0 Å². The predicted octanol–water partition coefficient (Wildman–Crippen LogP) is 5.71. The van der Waals surface area contributed by atoms with Gasteiger partial charge in [-0.2, -0.15) is 0 Å². The quantitative estimate of drug-likeness (QED) is 0.283. The SMILES string of the molecule is C[C@@]1(I)CC[C@@]2(C)C(=CC[C@@H]3[C@@H]2CC[C@]2(C)C(=O)CC[C@@H]32)C1. The molecular formula is C20H29IO. The molecule has 22 heavy (non-hydrogen) atoms. The van der Waals surface area contributed by atoms with Crippen molar-refractivity contribution in [1.29, 1.82) is 0 Å². The number of halogens is 1. The third kappa shape index (κ3) is 2.04. The highest BCUT2D eigenvalue weighted by Crippen LogP contribution is 2.65. The smallest absolute Gasteiger partial charge is 0.139 e. The Balaban J connectivity index is 1.69. The highest BCUT2D eigenvalue weighted by Gasteiger charge is 2.59. The Morgan fingerprint density at radius 1 is 1.05 bits per heavy atom. The van der Waals surface area contributed by atoms with Crippen molar-refractivity contribution in [2.45, 2.75) is 75.6 Å². The maximum absolute atomic E-state index is 12.4. The number of fused-ring (bicyclic) bond motifs is 5. The van der Waals surface area contributed by atoms with Crippen molar-refractivity contribution >= 4 is 28.4 Å². The number of allylic oxidation sites excluding steroid dienone is 2. The highest BCUT2D eigenvalue weighted by atomic mass is 127. The van der Waals surface area contributed by atoms with Crippen molar-refractivity contribution in [3.8, 4) is 0 Å². The molecule has 4 rings (SSSR count). The number of ketones is 1. The van der Waals surface area contributed by atoms with E-state index in [1.165, 1.54) is 38.5 Å². The lowest BCUT2D eigenvalue weighted by molar-refractivity contribution is -0.131. The molecule has 0 aromatic heterocycles. The van der Waals surface area contributed by atoms with Gasteiger partial charge in [0.15, 0.2) is 0 Å². The van der Waals surface area contributed by atoms with Crippen LogP contribution in [0.4, 0.5) is 0 Å². The van der Waals surface area contributed by atoms with E-state index in [4.69, 9.17) is 0 Å². The lowest BCUT2D eigenvalue weighted by Gasteiger charge is -2.57. The summed E-state index contributed by atoms with van der Waals surface area (Å²) in [7, 11) is 0. The van der Waals surface area contributed by atoms with Crippen molar-refractivity contribution in [3.05, 3.63) is 11.6 Å². The number of carbonyl (C=O) groups is 1.